The molecule has 0 bridgehead atoms. The minimum Gasteiger partial charge on any atom is -0.493 e. The van der Waals surface area contributed by atoms with Gasteiger partial charge in [0.2, 0.25) is 11.8 Å². The summed E-state index contributed by atoms with van der Waals surface area (Å²) in [4.78, 5) is 40.7. The van der Waals surface area contributed by atoms with Gasteiger partial charge in [0, 0.05) is 41.4 Å². The van der Waals surface area contributed by atoms with Crippen LogP contribution in [0.25, 0.3) is 10.9 Å². The number of halogens is 2. The lowest BCUT2D eigenvalue weighted by atomic mass is 10.1. The molecule has 1 aromatic heterocycles. The van der Waals surface area contributed by atoms with Crippen LogP contribution in [0.3, 0.4) is 0 Å². The van der Waals surface area contributed by atoms with Crippen LogP contribution in [0.1, 0.15) is 48.5 Å². The molecule has 38 heavy (non-hydrogen) atoms. The Balaban J connectivity index is 1.20. The largest absolute Gasteiger partial charge is 0.493 e. The van der Waals surface area contributed by atoms with Crippen LogP contribution in [0.5, 0.6) is 5.75 Å². The van der Waals surface area contributed by atoms with Crippen LogP contribution in [0, 0.1) is 17.7 Å². The van der Waals surface area contributed by atoms with E-state index in [-0.39, 0.29) is 41.8 Å². The van der Waals surface area contributed by atoms with E-state index in [4.69, 9.17) is 16.3 Å². The molecule has 2 saturated carbocycles. The second-order valence-electron chi connectivity index (χ2n) is 10.7. The molecule has 198 valence electrons. The van der Waals surface area contributed by atoms with E-state index in [1.807, 2.05) is 18.2 Å². The standard InChI is InChI=1S/C29H29ClFN3O4/c1-16(35)22-13-33(25-11-20(7-8-21(22)25)38-15-17-5-6-17)14-27(36)34-24-9-19(24)10-26(34)29(37)32-12-18-3-2-4-23(30)28(18)31/h2-4,7-8,11,13,17,19,24,26H,5-6,9-10,12,14-15H2,1H3,(H,32,37)/t19-,24-,26+/m1/s1. The van der Waals surface area contributed by atoms with Gasteiger partial charge in [0.25, 0.3) is 0 Å². The van der Waals surface area contributed by atoms with Crippen molar-refractivity contribution in [3.05, 3.63) is 64.6 Å². The lowest BCUT2D eigenvalue weighted by molar-refractivity contribution is -0.140. The summed E-state index contributed by atoms with van der Waals surface area (Å²) in [7, 11) is 0. The monoisotopic (exact) mass is 537 g/mol. The van der Waals surface area contributed by atoms with Crippen LogP contribution in [0.2, 0.25) is 5.02 Å². The number of rotatable bonds is 9. The first kappa shape index (κ1) is 24.9. The molecule has 2 amide bonds. The maximum atomic E-state index is 14.3. The number of ether oxygens (including phenoxy) is 1. The Morgan fingerprint density at radius 3 is 2.74 bits per heavy atom. The molecule has 6 rings (SSSR count). The number of carbonyl (C=O) groups excluding carboxylic acids is 3. The summed E-state index contributed by atoms with van der Waals surface area (Å²) in [6.07, 6.45) is 5.55. The van der Waals surface area contributed by atoms with E-state index in [1.54, 1.807) is 27.8 Å². The molecule has 2 aliphatic carbocycles. The number of benzene rings is 2. The number of likely N-dealkylation sites (tertiary alicyclic amines) is 1. The third-order valence-electron chi connectivity index (χ3n) is 7.90. The molecule has 2 aromatic carbocycles. The van der Waals surface area contributed by atoms with Crippen molar-refractivity contribution in [3.8, 4) is 5.75 Å². The van der Waals surface area contributed by atoms with Crippen molar-refractivity contribution < 1.29 is 23.5 Å². The van der Waals surface area contributed by atoms with Gasteiger partial charge in [-0.05, 0) is 62.6 Å². The summed E-state index contributed by atoms with van der Waals surface area (Å²) >= 11 is 5.86. The second-order valence-corrected chi connectivity index (χ2v) is 11.1. The van der Waals surface area contributed by atoms with E-state index in [1.165, 1.54) is 25.8 Å². The number of piperidine rings is 1. The van der Waals surface area contributed by atoms with E-state index >= 15 is 0 Å². The zero-order valence-corrected chi connectivity index (χ0v) is 21.8. The fourth-order valence-corrected chi connectivity index (χ4v) is 5.73. The second kappa shape index (κ2) is 9.73. The summed E-state index contributed by atoms with van der Waals surface area (Å²) < 4.78 is 22.0. The Morgan fingerprint density at radius 2 is 1.97 bits per heavy atom. The SMILES string of the molecule is CC(=O)c1cn(CC(=O)N2[C@@H]3C[C@@H]3C[C@H]2C(=O)NCc2cccc(Cl)c2F)c2cc(OCC3CC3)ccc12. The first-order valence-electron chi connectivity index (χ1n) is 13.1. The predicted molar refractivity (Wildman–Crippen MR) is 141 cm³/mol. The molecule has 9 heteroatoms. The lowest BCUT2D eigenvalue weighted by Crippen LogP contribution is -2.48. The van der Waals surface area contributed by atoms with Crippen LogP contribution in [0.4, 0.5) is 4.39 Å². The van der Waals surface area contributed by atoms with Gasteiger partial charge < -0.3 is 19.5 Å². The van der Waals surface area contributed by atoms with E-state index in [0.29, 0.717) is 41.7 Å². The Kier molecular flexibility index (Phi) is 6.38. The maximum absolute atomic E-state index is 14.3. The minimum atomic E-state index is -0.611. The molecule has 3 atom stereocenters. The number of amides is 2. The molecule has 3 aliphatic rings. The smallest absolute Gasteiger partial charge is 0.243 e. The van der Waals surface area contributed by atoms with Gasteiger partial charge in [-0.15, -0.1) is 0 Å². The zero-order chi connectivity index (χ0) is 26.6. The molecule has 7 nitrogen and oxygen atoms in total. The normalized spacial score (nSPS) is 21.9. The Hall–Kier alpha value is -3.39. The number of carbonyl (C=O) groups is 3. The van der Waals surface area contributed by atoms with Crippen LogP contribution < -0.4 is 10.1 Å². The molecule has 2 heterocycles. The highest BCUT2D eigenvalue weighted by atomic mass is 35.5. The number of nitrogens with zero attached hydrogens (tertiary/aromatic N) is 2. The van der Waals surface area contributed by atoms with Gasteiger partial charge in [0.1, 0.15) is 24.2 Å². The zero-order valence-electron chi connectivity index (χ0n) is 21.1. The molecule has 1 N–H and O–H groups in total. The van der Waals surface area contributed by atoms with Crippen molar-refractivity contribution in [2.24, 2.45) is 11.8 Å². The lowest BCUT2D eigenvalue weighted by Gasteiger charge is -2.27. The highest BCUT2D eigenvalue weighted by Gasteiger charge is 2.55. The highest BCUT2D eigenvalue weighted by Crippen LogP contribution is 2.48. The van der Waals surface area contributed by atoms with Crippen molar-refractivity contribution in [3.63, 3.8) is 0 Å². The summed E-state index contributed by atoms with van der Waals surface area (Å²) in [6.45, 7) is 2.17. The van der Waals surface area contributed by atoms with Crippen molar-refractivity contribution in [2.45, 2.75) is 57.8 Å². The summed E-state index contributed by atoms with van der Waals surface area (Å²) in [6, 6.07) is 9.69. The minimum absolute atomic E-state index is 0.000593. The number of hydrogen-bond donors (Lipinski definition) is 1. The number of nitrogens with one attached hydrogen (secondary N) is 1. The third-order valence-corrected chi connectivity index (χ3v) is 8.19. The Bertz CT molecular complexity index is 1450. The number of ketones is 1. The summed E-state index contributed by atoms with van der Waals surface area (Å²) in [5.41, 5.74) is 1.59. The van der Waals surface area contributed by atoms with Gasteiger partial charge >= 0.3 is 0 Å². The van der Waals surface area contributed by atoms with Gasteiger partial charge in [-0.1, -0.05) is 23.7 Å². The fraction of sp³-hybridized carbons (Fsp3) is 0.414. The third kappa shape index (κ3) is 4.77. The number of hydrogen-bond acceptors (Lipinski definition) is 4. The molecular formula is C29H29ClFN3O4. The fourth-order valence-electron chi connectivity index (χ4n) is 5.53. The van der Waals surface area contributed by atoms with Crippen molar-refractivity contribution in [1.29, 1.82) is 0 Å². The summed E-state index contributed by atoms with van der Waals surface area (Å²) in [5, 5.41) is 3.56. The van der Waals surface area contributed by atoms with Crippen LogP contribution in [0.15, 0.2) is 42.6 Å². The van der Waals surface area contributed by atoms with Gasteiger partial charge in [0.15, 0.2) is 5.78 Å². The van der Waals surface area contributed by atoms with Gasteiger partial charge in [-0.3, -0.25) is 14.4 Å². The van der Waals surface area contributed by atoms with Crippen molar-refractivity contribution in [1.82, 2.24) is 14.8 Å². The van der Waals surface area contributed by atoms with E-state index in [9.17, 15) is 18.8 Å². The predicted octanol–water partition coefficient (Wildman–Crippen LogP) is 4.73. The van der Waals surface area contributed by atoms with E-state index in [2.05, 4.69) is 5.32 Å². The molecular weight excluding hydrogens is 509 g/mol. The highest BCUT2D eigenvalue weighted by molar-refractivity contribution is 6.30. The molecule has 0 unspecified atom stereocenters. The van der Waals surface area contributed by atoms with E-state index < -0.39 is 11.9 Å². The van der Waals surface area contributed by atoms with Gasteiger partial charge in [-0.2, -0.15) is 0 Å². The van der Waals surface area contributed by atoms with Crippen molar-refractivity contribution in [2.75, 3.05) is 6.61 Å². The van der Waals surface area contributed by atoms with Gasteiger partial charge in [0.05, 0.1) is 17.1 Å². The molecule has 3 fully saturated rings. The topological polar surface area (TPSA) is 80.6 Å². The Morgan fingerprint density at radius 1 is 1.16 bits per heavy atom. The average molecular weight is 538 g/mol. The molecule has 0 spiro atoms. The molecule has 1 saturated heterocycles. The Labute approximate surface area is 224 Å². The van der Waals surface area contributed by atoms with Crippen LogP contribution in [-0.4, -0.2) is 45.8 Å². The van der Waals surface area contributed by atoms with Crippen LogP contribution in [-0.2, 0) is 22.7 Å². The van der Waals surface area contributed by atoms with Gasteiger partial charge in [-0.25, -0.2) is 4.39 Å². The quantitative estimate of drug-likeness (QED) is 0.400. The first-order valence-corrected chi connectivity index (χ1v) is 13.5. The van der Waals surface area contributed by atoms with Crippen molar-refractivity contribution >= 4 is 40.1 Å². The molecule has 3 aromatic rings. The number of fused-ring (bicyclic) bond motifs is 2. The maximum Gasteiger partial charge on any atom is 0.243 e. The summed E-state index contributed by atoms with van der Waals surface area (Å²) in [5.74, 6) is 0.490. The van der Waals surface area contributed by atoms with Crippen LogP contribution >= 0.6 is 11.6 Å². The average Bonchev–Trinajstić information content (AvgIpc) is 3.81. The number of aromatic nitrogens is 1. The molecule has 1 aliphatic heterocycles. The molecule has 0 radical (unpaired) electrons. The number of Topliss-reactive ketones (excluding diaryl/α,β-unsaturated/α-hetero) is 1. The first-order chi connectivity index (χ1) is 18.3. The van der Waals surface area contributed by atoms with E-state index in [0.717, 1.165) is 17.3 Å².